The Morgan fingerprint density at radius 3 is 2.71 bits per heavy atom. The van der Waals surface area contributed by atoms with Crippen molar-refractivity contribution in [2.24, 2.45) is 0 Å². The largest absolute Gasteiger partial charge is 0.454 e. The Morgan fingerprint density at radius 1 is 1.29 bits per heavy atom. The van der Waals surface area contributed by atoms with Crippen LogP contribution < -0.4 is 0 Å². The molecule has 0 amide bonds. The minimum absolute atomic E-state index is 0.158. The molecule has 1 atom stereocenters. The average molecular weight is 287 g/mol. The van der Waals surface area contributed by atoms with Gasteiger partial charge in [0.2, 0.25) is 5.78 Å². The summed E-state index contributed by atoms with van der Waals surface area (Å²) in [5.74, 6) is -0.468. The number of aromatic nitrogens is 1. The van der Waals surface area contributed by atoms with Gasteiger partial charge in [0.25, 0.3) is 0 Å². The standard InChI is InChI=1S/C17H21NO3/c1-4-5-10-15(19)21-12(3)17(20)16-11(2)18-14-9-7-6-8-13(14)16/h6-9,12,18H,4-5,10H2,1-3H3/t12-/m1/s1. The van der Waals surface area contributed by atoms with E-state index in [0.717, 1.165) is 29.4 Å². The zero-order valence-corrected chi connectivity index (χ0v) is 12.7. The van der Waals surface area contributed by atoms with Gasteiger partial charge in [0, 0.05) is 28.6 Å². The molecule has 0 unspecified atom stereocenters. The number of nitrogens with one attached hydrogen (secondary N) is 1. The van der Waals surface area contributed by atoms with E-state index < -0.39 is 6.10 Å². The van der Waals surface area contributed by atoms with E-state index in [4.69, 9.17) is 4.74 Å². The number of carbonyl (C=O) groups is 2. The van der Waals surface area contributed by atoms with Gasteiger partial charge in [-0.15, -0.1) is 0 Å². The van der Waals surface area contributed by atoms with Crippen molar-refractivity contribution < 1.29 is 14.3 Å². The number of ketones is 1. The van der Waals surface area contributed by atoms with Gasteiger partial charge in [-0.1, -0.05) is 31.5 Å². The topological polar surface area (TPSA) is 59.2 Å². The number of unbranched alkanes of at least 4 members (excludes halogenated alkanes) is 1. The minimum Gasteiger partial charge on any atom is -0.454 e. The molecule has 1 aromatic heterocycles. The lowest BCUT2D eigenvalue weighted by atomic mass is 10.0. The molecule has 2 aromatic rings. The molecule has 0 aliphatic carbocycles. The number of fused-ring (bicyclic) bond motifs is 1. The minimum atomic E-state index is -0.757. The number of carbonyl (C=O) groups excluding carboxylic acids is 2. The van der Waals surface area contributed by atoms with Crippen molar-refractivity contribution in [3.8, 4) is 0 Å². The Hall–Kier alpha value is -2.10. The molecule has 112 valence electrons. The fourth-order valence-corrected chi connectivity index (χ4v) is 2.43. The second kappa shape index (κ2) is 6.57. The van der Waals surface area contributed by atoms with Crippen LogP contribution in [0.3, 0.4) is 0 Å². The third kappa shape index (κ3) is 3.32. The van der Waals surface area contributed by atoms with Crippen molar-refractivity contribution >= 4 is 22.7 Å². The first-order valence-electron chi connectivity index (χ1n) is 7.35. The van der Waals surface area contributed by atoms with Gasteiger partial charge in [-0.25, -0.2) is 0 Å². The van der Waals surface area contributed by atoms with Crippen molar-refractivity contribution in [1.82, 2.24) is 4.98 Å². The predicted molar refractivity (Wildman–Crippen MR) is 82.4 cm³/mol. The van der Waals surface area contributed by atoms with Crippen LogP contribution in [0, 0.1) is 6.92 Å². The lowest BCUT2D eigenvalue weighted by Gasteiger charge is -2.12. The number of para-hydroxylation sites is 1. The molecule has 0 bridgehead atoms. The number of aromatic amines is 1. The summed E-state index contributed by atoms with van der Waals surface area (Å²) < 4.78 is 5.24. The number of Topliss-reactive ketones (excluding diaryl/α,β-unsaturated/α-hetero) is 1. The first kappa shape index (κ1) is 15.3. The number of hydrogen-bond donors (Lipinski definition) is 1. The molecule has 0 saturated heterocycles. The van der Waals surface area contributed by atoms with Gasteiger partial charge in [-0.3, -0.25) is 9.59 Å². The number of rotatable bonds is 6. The predicted octanol–water partition coefficient (Wildman–Crippen LogP) is 3.78. The van der Waals surface area contributed by atoms with Crippen LogP contribution >= 0.6 is 0 Å². The summed E-state index contributed by atoms with van der Waals surface area (Å²) in [7, 11) is 0. The quantitative estimate of drug-likeness (QED) is 0.649. The summed E-state index contributed by atoms with van der Waals surface area (Å²) in [4.78, 5) is 27.4. The highest BCUT2D eigenvalue weighted by molar-refractivity contribution is 6.11. The molecule has 4 nitrogen and oxygen atoms in total. The Morgan fingerprint density at radius 2 is 2.00 bits per heavy atom. The van der Waals surface area contributed by atoms with Gasteiger partial charge in [-0.2, -0.15) is 0 Å². The zero-order chi connectivity index (χ0) is 15.4. The molecule has 4 heteroatoms. The Balaban J connectivity index is 2.18. The normalized spacial score (nSPS) is 12.3. The van der Waals surface area contributed by atoms with Crippen molar-refractivity contribution in [2.45, 2.75) is 46.1 Å². The SMILES string of the molecule is CCCCC(=O)O[C@H](C)C(=O)c1c(C)[nH]c2ccccc12. The summed E-state index contributed by atoms with van der Waals surface area (Å²) in [5, 5.41) is 0.872. The molecular weight excluding hydrogens is 266 g/mol. The van der Waals surface area contributed by atoms with Gasteiger partial charge in [0.15, 0.2) is 6.10 Å². The molecule has 2 rings (SSSR count). The van der Waals surface area contributed by atoms with Crippen molar-refractivity contribution in [3.63, 3.8) is 0 Å². The van der Waals surface area contributed by atoms with Crippen molar-refractivity contribution in [2.75, 3.05) is 0 Å². The van der Waals surface area contributed by atoms with Crippen LogP contribution in [0.15, 0.2) is 24.3 Å². The van der Waals surface area contributed by atoms with E-state index >= 15 is 0 Å². The van der Waals surface area contributed by atoms with E-state index in [9.17, 15) is 9.59 Å². The number of ether oxygens (including phenoxy) is 1. The third-order valence-corrected chi connectivity index (χ3v) is 3.55. The number of benzene rings is 1. The molecule has 0 spiro atoms. The molecule has 0 fully saturated rings. The Kier molecular flexibility index (Phi) is 4.78. The fourth-order valence-electron chi connectivity index (χ4n) is 2.43. The van der Waals surface area contributed by atoms with Crippen LogP contribution in [-0.2, 0) is 9.53 Å². The summed E-state index contributed by atoms with van der Waals surface area (Å²) >= 11 is 0. The summed E-state index contributed by atoms with van der Waals surface area (Å²) in [5.41, 5.74) is 2.34. The van der Waals surface area contributed by atoms with E-state index in [0.29, 0.717) is 12.0 Å². The smallest absolute Gasteiger partial charge is 0.306 e. The van der Waals surface area contributed by atoms with E-state index in [-0.39, 0.29) is 11.8 Å². The van der Waals surface area contributed by atoms with Crippen LogP contribution in [0.2, 0.25) is 0 Å². The number of hydrogen-bond acceptors (Lipinski definition) is 3. The molecule has 1 aromatic carbocycles. The second-order valence-electron chi connectivity index (χ2n) is 5.27. The summed E-state index contributed by atoms with van der Waals surface area (Å²) in [6.07, 6.45) is 1.32. The van der Waals surface area contributed by atoms with E-state index in [1.807, 2.05) is 38.1 Å². The first-order chi connectivity index (χ1) is 10.0. The molecule has 0 aliphatic rings. The molecule has 0 saturated carbocycles. The summed E-state index contributed by atoms with van der Waals surface area (Å²) in [6, 6.07) is 7.64. The van der Waals surface area contributed by atoms with Crippen LogP contribution in [0.25, 0.3) is 10.9 Å². The molecule has 1 N–H and O–H groups in total. The van der Waals surface area contributed by atoms with Gasteiger partial charge in [-0.05, 0) is 26.3 Å². The van der Waals surface area contributed by atoms with Crippen molar-refractivity contribution in [1.29, 1.82) is 0 Å². The first-order valence-corrected chi connectivity index (χ1v) is 7.35. The van der Waals surface area contributed by atoms with Gasteiger partial charge in [0.1, 0.15) is 0 Å². The average Bonchev–Trinajstić information content (AvgIpc) is 2.80. The molecule has 21 heavy (non-hydrogen) atoms. The van der Waals surface area contributed by atoms with Crippen LogP contribution in [0.5, 0.6) is 0 Å². The van der Waals surface area contributed by atoms with Gasteiger partial charge < -0.3 is 9.72 Å². The highest BCUT2D eigenvalue weighted by atomic mass is 16.5. The van der Waals surface area contributed by atoms with Crippen molar-refractivity contribution in [3.05, 3.63) is 35.5 Å². The van der Waals surface area contributed by atoms with E-state index in [1.54, 1.807) is 6.92 Å². The monoisotopic (exact) mass is 287 g/mol. The highest BCUT2D eigenvalue weighted by Gasteiger charge is 2.24. The van der Waals surface area contributed by atoms with Crippen LogP contribution in [0.4, 0.5) is 0 Å². The fraction of sp³-hybridized carbons (Fsp3) is 0.412. The Bertz CT molecular complexity index is 657. The maximum atomic E-state index is 12.6. The molecular formula is C17H21NO3. The molecule has 1 heterocycles. The zero-order valence-electron chi connectivity index (χ0n) is 12.7. The Labute approximate surface area is 124 Å². The maximum Gasteiger partial charge on any atom is 0.306 e. The second-order valence-corrected chi connectivity index (χ2v) is 5.27. The molecule has 0 aliphatic heterocycles. The maximum absolute atomic E-state index is 12.6. The van der Waals surface area contributed by atoms with Crippen LogP contribution in [-0.4, -0.2) is 22.8 Å². The summed E-state index contributed by atoms with van der Waals surface area (Å²) in [6.45, 7) is 5.50. The number of H-pyrrole nitrogens is 1. The van der Waals surface area contributed by atoms with E-state index in [2.05, 4.69) is 4.98 Å². The lowest BCUT2D eigenvalue weighted by molar-refractivity contribution is -0.146. The van der Waals surface area contributed by atoms with E-state index in [1.165, 1.54) is 0 Å². The third-order valence-electron chi connectivity index (χ3n) is 3.55. The van der Waals surface area contributed by atoms with Gasteiger partial charge in [0.05, 0.1) is 0 Å². The molecule has 0 radical (unpaired) electrons. The number of esters is 1. The number of aryl methyl sites for hydroxylation is 1. The van der Waals surface area contributed by atoms with Crippen LogP contribution in [0.1, 0.15) is 49.2 Å². The lowest BCUT2D eigenvalue weighted by Crippen LogP contribution is -2.24. The highest BCUT2D eigenvalue weighted by Crippen LogP contribution is 2.23. The van der Waals surface area contributed by atoms with Gasteiger partial charge >= 0.3 is 5.97 Å².